The second kappa shape index (κ2) is 5.57. The fraction of sp³-hybridized carbons (Fsp3) is 0.312. The topological polar surface area (TPSA) is 29.1 Å². The Bertz CT molecular complexity index is 574. The lowest BCUT2D eigenvalue weighted by Crippen LogP contribution is -2.17. The van der Waals surface area contributed by atoms with Crippen LogP contribution in [0.15, 0.2) is 35.0 Å². The van der Waals surface area contributed by atoms with Gasteiger partial charge in [-0.1, -0.05) is 12.1 Å². The van der Waals surface area contributed by atoms with Crippen LogP contribution in [-0.4, -0.2) is 5.91 Å². The van der Waals surface area contributed by atoms with Gasteiger partial charge in [-0.25, -0.2) is 0 Å². The molecule has 98 valence electrons. The van der Waals surface area contributed by atoms with Crippen LogP contribution in [0.4, 0.5) is 5.69 Å². The van der Waals surface area contributed by atoms with Gasteiger partial charge < -0.3 is 5.32 Å². The molecule has 2 nitrogen and oxygen atoms in total. The number of aryl methyl sites for hydroxylation is 1. The van der Waals surface area contributed by atoms with Gasteiger partial charge in [-0.2, -0.15) is 11.3 Å². The maximum Gasteiger partial charge on any atom is 0.228 e. The predicted octanol–water partition coefficient (Wildman–Crippen LogP) is 3.81. The quantitative estimate of drug-likeness (QED) is 0.903. The summed E-state index contributed by atoms with van der Waals surface area (Å²) in [6.07, 6.45) is 5.19. The molecule has 0 saturated heterocycles. The number of anilines is 1. The summed E-state index contributed by atoms with van der Waals surface area (Å²) in [5.74, 6) is 0.0809. The van der Waals surface area contributed by atoms with Crippen LogP contribution in [0.1, 0.15) is 29.5 Å². The molecule has 0 aliphatic heterocycles. The first-order valence-corrected chi connectivity index (χ1v) is 7.69. The molecule has 0 spiro atoms. The van der Waals surface area contributed by atoms with E-state index in [9.17, 15) is 4.79 Å². The summed E-state index contributed by atoms with van der Waals surface area (Å²) in [4.78, 5) is 12.1. The third-order valence-electron chi connectivity index (χ3n) is 3.61. The van der Waals surface area contributed by atoms with Gasteiger partial charge in [0.25, 0.3) is 0 Å². The molecule has 1 heterocycles. The van der Waals surface area contributed by atoms with Gasteiger partial charge in [-0.3, -0.25) is 4.79 Å². The van der Waals surface area contributed by atoms with Crippen LogP contribution in [0.3, 0.4) is 0 Å². The zero-order valence-corrected chi connectivity index (χ0v) is 11.6. The van der Waals surface area contributed by atoms with Gasteiger partial charge in [0.15, 0.2) is 0 Å². The third-order valence-corrected chi connectivity index (χ3v) is 4.35. The summed E-state index contributed by atoms with van der Waals surface area (Å²) >= 11 is 1.63. The highest BCUT2D eigenvalue weighted by atomic mass is 32.1. The third kappa shape index (κ3) is 2.87. The van der Waals surface area contributed by atoms with Crippen molar-refractivity contribution in [1.29, 1.82) is 0 Å². The molecule has 0 radical (unpaired) electrons. The van der Waals surface area contributed by atoms with Gasteiger partial charge in [0.1, 0.15) is 0 Å². The Balaban J connectivity index is 1.74. The molecule has 1 aliphatic carbocycles. The number of thiophene rings is 1. The highest BCUT2D eigenvalue weighted by molar-refractivity contribution is 7.08. The molecule has 0 unspecified atom stereocenters. The number of amides is 1. The van der Waals surface area contributed by atoms with Crippen LogP contribution in [0.25, 0.3) is 0 Å². The summed E-state index contributed by atoms with van der Waals surface area (Å²) in [7, 11) is 0. The minimum Gasteiger partial charge on any atom is -0.326 e. The summed E-state index contributed by atoms with van der Waals surface area (Å²) in [6.45, 7) is 0. The number of hydrogen-bond donors (Lipinski definition) is 1. The van der Waals surface area contributed by atoms with E-state index in [-0.39, 0.29) is 5.91 Å². The molecule has 1 amide bonds. The van der Waals surface area contributed by atoms with Crippen molar-refractivity contribution < 1.29 is 4.79 Å². The Morgan fingerprint density at radius 2 is 2.11 bits per heavy atom. The van der Waals surface area contributed by atoms with Crippen molar-refractivity contribution in [3.05, 3.63) is 51.7 Å². The first kappa shape index (κ1) is 12.4. The van der Waals surface area contributed by atoms with Crippen LogP contribution in [0.5, 0.6) is 0 Å². The SMILES string of the molecule is O=C(Cc1ccsc1)Nc1cccc2c1CCCC2. The van der Waals surface area contributed by atoms with Crippen LogP contribution in [0.2, 0.25) is 0 Å². The number of hydrogen-bond acceptors (Lipinski definition) is 2. The number of benzene rings is 1. The second-order valence-corrected chi connectivity index (χ2v) is 5.79. The Labute approximate surface area is 117 Å². The molecular formula is C16H17NOS. The lowest BCUT2D eigenvalue weighted by atomic mass is 9.90. The summed E-state index contributed by atoms with van der Waals surface area (Å²) < 4.78 is 0. The minimum atomic E-state index is 0.0809. The van der Waals surface area contributed by atoms with Crippen LogP contribution in [0, 0.1) is 0 Å². The lowest BCUT2D eigenvalue weighted by Gasteiger charge is -2.19. The van der Waals surface area contributed by atoms with E-state index in [1.54, 1.807) is 11.3 Å². The molecule has 1 aromatic heterocycles. The molecule has 0 fully saturated rings. The highest BCUT2D eigenvalue weighted by Gasteiger charge is 2.14. The molecule has 1 aromatic carbocycles. The van der Waals surface area contributed by atoms with Crippen molar-refractivity contribution in [3.63, 3.8) is 0 Å². The average molecular weight is 271 g/mol. The van der Waals surface area contributed by atoms with E-state index in [1.807, 2.05) is 29.0 Å². The standard InChI is InChI=1S/C16H17NOS/c18-16(10-12-8-9-19-11-12)17-15-7-3-5-13-4-1-2-6-14(13)15/h3,5,7-9,11H,1-2,4,6,10H2,(H,17,18). The average Bonchev–Trinajstić information content (AvgIpc) is 2.92. The zero-order chi connectivity index (χ0) is 13.1. The van der Waals surface area contributed by atoms with Crippen LogP contribution < -0.4 is 5.32 Å². The summed E-state index contributed by atoms with van der Waals surface area (Å²) in [6, 6.07) is 8.26. The van der Waals surface area contributed by atoms with Crippen molar-refractivity contribution in [2.45, 2.75) is 32.1 Å². The molecule has 0 atom stereocenters. The normalized spacial score (nSPS) is 13.9. The highest BCUT2D eigenvalue weighted by Crippen LogP contribution is 2.27. The molecule has 1 N–H and O–H groups in total. The summed E-state index contributed by atoms with van der Waals surface area (Å²) in [5, 5.41) is 7.11. The number of rotatable bonds is 3. The molecule has 0 bridgehead atoms. The van der Waals surface area contributed by atoms with Crippen molar-refractivity contribution in [1.82, 2.24) is 0 Å². The fourth-order valence-electron chi connectivity index (χ4n) is 2.67. The Morgan fingerprint density at radius 3 is 2.95 bits per heavy atom. The molecule has 3 rings (SSSR count). The van der Waals surface area contributed by atoms with Gasteiger partial charge in [0.05, 0.1) is 6.42 Å². The molecule has 0 saturated carbocycles. The summed E-state index contributed by atoms with van der Waals surface area (Å²) in [5.41, 5.74) is 4.84. The Hall–Kier alpha value is -1.61. The van der Waals surface area contributed by atoms with E-state index >= 15 is 0 Å². The van der Waals surface area contributed by atoms with E-state index in [0.717, 1.165) is 24.1 Å². The van der Waals surface area contributed by atoms with Crippen molar-refractivity contribution in [2.75, 3.05) is 5.32 Å². The minimum absolute atomic E-state index is 0.0809. The van der Waals surface area contributed by atoms with E-state index in [2.05, 4.69) is 11.4 Å². The number of carbonyl (C=O) groups excluding carboxylic acids is 1. The Morgan fingerprint density at radius 1 is 1.21 bits per heavy atom. The smallest absolute Gasteiger partial charge is 0.228 e. The number of nitrogens with one attached hydrogen (secondary N) is 1. The first-order valence-electron chi connectivity index (χ1n) is 6.74. The maximum absolute atomic E-state index is 12.1. The van der Waals surface area contributed by atoms with E-state index in [0.29, 0.717) is 6.42 Å². The van der Waals surface area contributed by atoms with Crippen molar-refractivity contribution >= 4 is 22.9 Å². The molecular weight excluding hydrogens is 254 g/mol. The largest absolute Gasteiger partial charge is 0.326 e. The van der Waals surface area contributed by atoms with Crippen molar-refractivity contribution in [3.8, 4) is 0 Å². The van der Waals surface area contributed by atoms with Gasteiger partial charge in [-0.15, -0.1) is 0 Å². The second-order valence-electron chi connectivity index (χ2n) is 5.01. The lowest BCUT2D eigenvalue weighted by molar-refractivity contribution is -0.115. The van der Waals surface area contributed by atoms with E-state index in [4.69, 9.17) is 0 Å². The van der Waals surface area contributed by atoms with Gasteiger partial charge in [0, 0.05) is 5.69 Å². The van der Waals surface area contributed by atoms with E-state index < -0.39 is 0 Å². The molecule has 2 aromatic rings. The number of fused-ring (bicyclic) bond motifs is 1. The zero-order valence-electron chi connectivity index (χ0n) is 10.8. The molecule has 3 heteroatoms. The molecule has 19 heavy (non-hydrogen) atoms. The van der Waals surface area contributed by atoms with Crippen LogP contribution >= 0.6 is 11.3 Å². The van der Waals surface area contributed by atoms with Crippen molar-refractivity contribution in [2.24, 2.45) is 0 Å². The molecule has 1 aliphatic rings. The maximum atomic E-state index is 12.1. The van der Waals surface area contributed by atoms with Gasteiger partial charge in [0.2, 0.25) is 5.91 Å². The number of carbonyl (C=O) groups is 1. The van der Waals surface area contributed by atoms with Gasteiger partial charge >= 0.3 is 0 Å². The first-order chi connectivity index (χ1) is 9.33. The van der Waals surface area contributed by atoms with E-state index in [1.165, 1.54) is 24.0 Å². The Kier molecular flexibility index (Phi) is 3.65. The van der Waals surface area contributed by atoms with Crippen LogP contribution in [-0.2, 0) is 24.1 Å². The fourth-order valence-corrected chi connectivity index (χ4v) is 3.34. The monoisotopic (exact) mass is 271 g/mol. The predicted molar refractivity (Wildman–Crippen MR) is 79.7 cm³/mol. The van der Waals surface area contributed by atoms with Gasteiger partial charge in [-0.05, 0) is 65.3 Å².